The van der Waals surface area contributed by atoms with Crippen LogP contribution in [0.3, 0.4) is 0 Å². The molecule has 0 aliphatic carbocycles. The fraction of sp³-hybridized carbons (Fsp3) is 0.286. The zero-order chi connectivity index (χ0) is 18.9. The topological polar surface area (TPSA) is 41.6 Å². The van der Waals surface area contributed by atoms with E-state index in [0.717, 1.165) is 36.3 Å². The van der Waals surface area contributed by atoms with Crippen LogP contribution in [0.2, 0.25) is 0 Å². The second-order valence-electron chi connectivity index (χ2n) is 6.93. The highest BCUT2D eigenvalue weighted by Crippen LogP contribution is 2.37. The zero-order valence-corrected chi connectivity index (χ0v) is 14.8. The van der Waals surface area contributed by atoms with Crippen molar-refractivity contribution in [2.75, 3.05) is 18.4 Å². The van der Waals surface area contributed by atoms with E-state index in [1.165, 1.54) is 6.07 Å². The molecule has 0 saturated carbocycles. The average Bonchev–Trinajstić information content (AvgIpc) is 2.86. The maximum Gasteiger partial charge on any atom is 0.321 e. The van der Waals surface area contributed by atoms with Gasteiger partial charge < -0.3 is 15.0 Å². The molecule has 2 heterocycles. The quantitative estimate of drug-likeness (QED) is 0.781. The first-order valence-corrected chi connectivity index (χ1v) is 9.03. The largest absolute Gasteiger partial charge is 0.483 e. The molecule has 2 amide bonds. The maximum atomic E-state index is 13.8. The molecule has 1 unspecified atom stereocenters. The average molecular weight is 370 g/mol. The first-order chi connectivity index (χ1) is 13.0. The lowest BCUT2D eigenvalue weighted by Crippen LogP contribution is -2.39. The summed E-state index contributed by atoms with van der Waals surface area (Å²) in [5.74, 6) is -0.611. The van der Waals surface area contributed by atoms with Gasteiger partial charge >= 0.3 is 6.03 Å². The minimum atomic E-state index is -0.787. The number of rotatable bonds is 1. The van der Waals surface area contributed by atoms with Crippen LogP contribution in [0.4, 0.5) is 19.3 Å². The van der Waals surface area contributed by atoms with E-state index in [2.05, 4.69) is 17.5 Å². The van der Waals surface area contributed by atoms with Gasteiger partial charge in [0.2, 0.25) is 0 Å². The van der Waals surface area contributed by atoms with Crippen LogP contribution in [0.25, 0.3) is 6.08 Å². The lowest BCUT2D eigenvalue weighted by molar-refractivity contribution is 0.101. The minimum Gasteiger partial charge on any atom is -0.483 e. The number of benzene rings is 2. The van der Waals surface area contributed by atoms with E-state index in [4.69, 9.17) is 4.74 Å². The molecule has 27 heavy (non-hydrogen) atoms. The molecule has 1 saturated heterocycles. The van der Waals surface area contributed by atoms with Crippen LogP contribution >= 0.6 is 0 Å². The molecule has 4 rings (SSSR count). The van der Waals surface area contributed by atoms with Crippen molar-refractivity contribution < 1.29 is 18.3 Å². The van der Waals surface area contributed by atoms with Crippen LogP contribution in [-0.2, 0) is 0 Å². The van der Waals surface area contributed by atoms with Gasteiger partial charge in [0.15, 0.2) is 0 Å². The van der Waals surface area contributed by atoms with Gasteiger partial charge in [0.25, 0.3) is 0 Å². The summed E-state index contributed by atoms with van der Waals surface area (Å²) in [5.41, 5.74) is 0.599. The molecule has 4 nitrogen and oxygen atoms in total. The van der Waals surface area contributed by atoms with Crippen molar-refractivity contribution in [2.24, 2.45) is 0 Å². The Morgan fingerprint density at radius 3 is 2.81 bits per heavy atom. The normalized spacial score (nSPS) is 21.3. The lowest BCUT2D eigenvalue weighted by Gasteiger charge is -2.34. The van der Waals surface area contributed by atoms with Gasteiger partial charge in [-0.05, 0) is 37.1 Å². The summed E-state index contributed by atoms with van der Waals surface area (Å²) in [6.45, 7) is 1.04. The summed E-state index contributed by atoms with van der Waals surface area (Å²) in [4.78, 5) is 14.2. The standard InChI is InChI=1S/C21H20F2N2O2/c22-16-6-7-18(17(23)14-16)24-20(26)25-12-3-9-21(11-13-25)10-8-15-4-1-2-5-19(15)27-21/h1-2,4-8,10,14H,3,9,11-13H2,(H,24,26). The van der Waals surface area contributed by atoms with Crippen LogP contribution in [-0.4, -0.2) is 29.6 Å². The van der Waals surface area contributed by atoms with Crippen LogP contribution in [0.1, 0.15) is 24.8 Å². The Kier molecular flexibility index (Phi) is 4.56. The number of ether oxygens (including phenoxy) is 1. The summed E-state index contributed by atoms with van der Waals surface area (Å²) in [6, 6.07) is 10.6. The highest BCUT2D eigenvalue weighted by Gasteiger charge is 2.35. The molecule has 2 aromatic rings. The second-order valence-corrected chi connectivity index (χ2v) is 6.93. The zero-order valence-electron chi connectivity index (χ0n) is 14.8. The van der Waals surface area contributed by atoms with E-state index in [0.29, 0.717) is 19.5 Å². The van der Waals surface area contributed by atoms with Crippen molar-refractivity contribution in [2.45, 2.75) is 24.9 Å². The van der Waals surface area contributed by atoms with Crippen LogP contribution < -0.4 is 10.1 Å². The van der Waals surface area contributed by atoms with E-state index in [9.17, 15) is 13.6 Å². The Bertz CT molecular complexity index is 900. The van der Waals surface area contributed by atoms with Gasteiger partial charge in [-0.15, -0.1) is 0 Å². The van der Waals surface area contributed by atoms with Gasteiger partial charge in [-0.25, -0.2) is 13.6 Å². The van der Waals surface area contributed by atoms with Crippen molar-refractivity contribution in [1.82, 2.24) is 4.90 Å². The highest BCUT2D eigenvalue weighted by molar-refractivity contribution is 5.89. The first-order valence-electron chi connectivity index (χ1n) is 9.03. The van der Waals surface area contributed by atoms with Crippen LogP contribution in [0.15, 0.2) is 48.5 Å². The number of hydrogen-bond donors (Lipinski definition) is 1. The summed E-state index contributed by atoms with van der Waals surface area (Å²) in [7, 11) is 0. The number of nitrogens with one attached hydrogen (secondary N) is 1. The first kappa shape index (κ1) is 17.5. The third-order valence-corrected chi connectivity index (χ3v) is 5.09. The third kappa shape index (κ3) is 3.65. The summed E-state index contributed by atoms with van der Waals surface area (Å²) in [5, 5.41) is 2.53. The second kappa shape index (κ2) is 7.02. The Balaban J connectivity index is 1.44. The number of urea groups is 1. The number of fused-ring (bicyclic) bond motifs is 1. The molecule has 140 valence electrons. The molecule has 6 heteroatoms. The molecule has 0 radical (unpaired) electrons. The van der Waals surface area contributed by atoms with Gasteiger partial charge in [0.05, 0.1) is 5.69 Å². The van der Waals surface area contributed by atoms with Crippen molar-refractivity contribution in [1.29, 1.82) is 0 Å². The van der Waals surface area contributed by atoms with E-state index in [-0.39, 0.29) is 5.69 Å². The number of hydrogen-bond acceptors (Lipinski definition) is 2. The third-order valence-electron chi connectivity index (χ3n) is 5.09. The fourth-order valence-electron chi connectivity index (χ4n) is 3.59. The van der Waals surface area contributed by atoms with Gasteiger partial charge in [-0.3, -0.25) is 0 Å². The number of amides is 2. The molecule has 1 N–H and O–H groups in total. The number of likely N-dealkylation sites (tertiary alicyclic amines) is 1. The smallest absolute Gasteiger partial charge is 0.321 e. The fourth-order valence-corrected chi connectivity index (χ4v) is 3.59. The summed E-state index contributed by atoms with van der Waals surface area (Å²) < 4.78 is 33.1. The molecule has 2 aliphatic rings. The number of nitrogens with zero attached hydrogens (tertiary/aromatic N) is 1. The summed E-state index contributed by atoms with van der Waals surface area (Å²) in [6.07, 6.45) is 6.37. The molecular weight excluding hydrogens is 350 g/mol. The van der Waals surface area contributed by atoms with E-state index in [1.54, 1.807) is 4.90 Å². The Hall–Kier alpha value is -2.89. The van der Waals surface area contributed by atoms with Gasteiger partial charge in [0, 0.05) is 31.1 Å². The molecule has 0 aromatic heterocycles. The SMILES string of the molecule is O=C(Nc1ccc(F)cc1F)N1CCCC2(C=Cc3ccccc3O2)CC1. The van der Waals surface area contributed by atoms with Crippen molar-refractivity contribution in [3.8, 4) is 5.75 Å². The highest BCUT2D eigenvalue weighted by atomic mass is 19.1. The van der Waals surface area contributed by atoms with Gasteiger partial charge in [0.1, 0.15) is 23.0 Å². The lowest BCUT2D eigenvalue weighted by atomic mass is 9.91. The number of carbonyl (C=O) groups is 1. The molecule has 2 aliphatic heterocycles. The number of halogens is 2. The molecule has 1 spiro atoms. The van der Waals surface area contributed by atoms with E-state index in [1.807, 2.05) is 24.3 Å². The number of para-hydroxylation sites is 1. The van der Waals surface area contributed by atoms with Gasteiger partial charge in [-0.1, -0.05) is 24.3 Å². The minimum absolute atomic E-state index is 0.0249. The predicted octanol–water partition coefficient (Wildman–Crippen LogP) is 4.83. The van der Waals surface area contributed by atoms with E-state index >= 15 is 0 Å². The number of carbonyl (C=O) groups excluding carboxylic acids is 1. The molecule has 1 atom stereocenters. The van der Waals surface area contributed by atoms with Crippen molar-refractivity contribution in [3.05, 3.63) is 65.7 Å². The van der Waals surface area contributed by atoms with Crippen LogP contribution in [0.5, 0.6) is 5.75 Å². The molecule has 2 aromatic carbocycles. The Labute approximate surface area is 156 Å². The molecule has 1 fully saturated rings. The van der Waals surface area contributed by atoms with Crippen molar-refractivity contribution >= 4 is 17.8 Å². The van der Waals surface area contributed by atoms with Crippen molar-refractivity contribution in [3.63, 3.8) is 0 Å². The maximum absolute atomic E-state index is 13.8. The monoisotopic (exact) mass is 370 g/mol. The molecular formula is C21H20F2N2O2. The molecule has 0 bridgehead atoms. The van der Waals surface area contributed by atoms with E-state index < -0.39 is 23.3 Å². The van der Waals surface area contributed by atoms with Gasteiger partial charge in [-0.2, -0.15) is 0 Å². The van der Waals surface area contributed by atoms with Crippen LogP contribution in [0, 0.1) is 11.6 Å². The summed E-state index contributed by atoms with van der Waals surface area (Å²) >= 11 is 0. The number of anilines is 1. The Morgan fingerprint density at radius 1 is 1.11 bits per heavy atom. The predicted molar refractivity (Wildman–Crippen MR) is 99.6 cm³/mol. The Morgan fingerprint density at radius 2 is 1.96 bits per heavy atom.